The number of benzene rings is 1. The van der Waals surface area contributed by atoms with Crippen LogP contribution in [0.2, 0.25) is 0 Å². The van der Waals surface area contributed by atoms with E-state index in [0.717, 1.165) is 19.5 Å². The molecule has 1 aliphatic rings. The summed E-state index contributed by atoms with van der Waals surface area (Å²) in [5, 5.41) is 3.23. The van der Waals surface area contributed by atoms with Crippen LogP contribution >= 0.6 is 0 Å². The Bertz CT molecular complexity index is 427. The predicted molar refractivity (Wildman–Crippen MR) is 64.5 cm³/mol. The van der Waals surface area contributed by atoms with Crippen LogP contribution < -0.4 is 5.32 Å². The molecule has 0 bridgehead atoms. The van der Waals surface area contributed by atoms with E-state index in [4.69, 9.17) is 0 Å². The highest BCUT2D eigenvalue weighted by atomic mass is 19.1. The maximum Gasteiger partial charge on any atom is 0.254 e. The van der Waals surface area contributed by atoms with Crippen molar-refractivity contribution >= 4 is 5.91 Å². The van der Waals surface area contributed by atoms with Crippen molar-refractivity contribution in [3.8, 4) is 0 Å². The fourth-order valence-electron chi connectivity index (χ4n) is 2.19. The van der Waals surface area contributed by atoms with Crippen molar-refractivity contribution in [2.45, 2.75) is 19.4 Å². The van der Waals surface area contributed by atoms with Gasteiger partial charge in [0.25, 0.3) is 5.91 Å². The Kier molecular flexibility index (Phi) is 3.43. The lowest BCUT2D eigenvalue weighted by Crippen LogP contribution is -2.38. The largest absolute Gasteiger partial charge is 0.337 e. The standard InChI is InChI=1S/C13H17FN2O/c1-9-7-10(14)3-4-12(9)13(17)16(2)11-5-6-15-8-11/h3-4,7,11,15H,5-6,8H2,1-2H3. The molecule has 0 aromatic heterocycles. The third kappa shape index (κ3) is 2.47. The summed E-state index contributed by atoms with van der Waals surface area (Å²) in [6.45, 7) is 3.55. The second kappa shape index (κ2) is 4.84. The Hall–Kier alpha value is -1.42. The van der Waals surface area contributed by atoms with Crippen LogP contribution in [0.25, 0.3) is 0 Å². The fourth-order valence-corrected chi connectivity index (χ4v) is 2.19. The number of amides is 1. The smallest absolute Gasteiger partial charge is 0.254 e. The molecule has 1 fully saturated rings. The molecule has 0 aliphatic carbocycles. The molecular formula is C13H17FN2O. The van der Waals surface area contributed by atoms with E-state index in [-0.39, 0.29) is 17.8 Å². The van der Waals surface area contributed by atoms with E-state index in [1.807, 2.05) is 7.05 Å². The molecule has 1 saturated heterocycles. The van der Waals surface area contributed by atoms with Gasteiger partial charge in [0.05, 0.1) is 0 Å². The zero-order valence-electron chi connectivity index (χ0n) is 10.2. The van der Waals surface area contributed by atoms with Crippen molar-refractivity contribution in [2.75, 3.05) is 20.1 Å². The molecule has 3 nitrogen and oxygen atoms in total. The molecule has 0 spiro atoms. The first kappa shape index (κ1) is 12.0. The molecule has 17 heavy (non-hydrogen) atoms. The van der Waals surface area contributed by atoms with Crippen molar-refractivity contribution in [2.24, 2.45) is 0 Å². The maximum absolute atomic E-state index is 13.0. The molecule has 1 atom stereocenters. The summed E-state index contributed by atoms with van der Waals surface area (Å²) < 4.78 is 13.0. The monoisotopic (exact) mass is 236 g/mol. The van der Waals surface area contributed by atoms with E-state index in [2.05, 4.69) is 5.32 Å². The Morgan fingerprint density at radius 3 is 2.88 bits per heavy atom. The van der Waals surface area contributed by atoms with Crippen LogP contribution in [-0.4, -0.2) is 37.0 Å². The number of halogens is 1. The van der Waals surface area contributed by atoms with E-state index in [1.54, 1.807) is 17.9 Å². The minimum atomic E-state index is -0.302. The summed E-state index contributed by atoms with van der Waals surface area (Å²) in [4.78, 5) is 14.0. The first-order chi connectivity index (χ1) is 8.09. The van der Waals surface area contributed by atoms with E-state index in [0.29, 0.717) is 11.1 Å². The van der Waals surface area contributed by atoms with Crippen molar-refractivity contribution in [1.82, 2.24) is 10.2 Å². The molecule has 2 rings (SSSR count). The minimum Gasteiger partial charge on any atom is -0.337 e. The molecule has 4 heteroatoms. The second-order valence-corrected chi connectivity index (χ2v) is 4.52. The van der Waals surface area contributed by atoms with Gasteiger partial charge in [0, 0.05) is 25.2 Å². The highest BCUT2D eigenvalue weighted by Gasteiger charge is 2.24. The van der Waals surface area contributed by atoms with Crippen molar-refractivity contribution in [3.63, 3.8) is 0 Å². The van der Waals surface area contributed by atoms with Gasteiger partial charge in [-0.2, -0.15) is 0 Å². The second-order valence-electron chi connectivity index (χ2n) is 4.52. The lowest BCUT2D eigenvalue weighted by molar-refractivity contribution is 0.0743. The fraction of sp³-hybridized carbons (Fsp3) is 0.462. The number of aryl methyl sites for hydroxylation is 1. The van der Waals surface area contributed by atoms with Gasteiger partial charge < -0.3 is 10.2 Å². The van der Waals surface area contributed by atoms with Gasteiger partial charge in [0.15, 0.2) is 0 Å². The molecule has 1 heterocycles. The summed E-state index contributed by atoms with van der Waals surface area (Å²) >= 11 is 0. The van der Waals surface area contributed by atoms with E-state index >= 15 is 0 Å². The number of hydrogen-bond acceptors (Lipinski definition) is 2. The summed E-state index contributed by atoms with van der Waals surface area (Å²) in [6.07, 6.45) is 0.975. The van der Waals surface area contributed by atoms with Crippen LogP contribution in [0.5, 0.6) is 0 Å². The van der Waals surface area contributed by atoms with Gasteiger partial charge in [0.1, 0.15) is 5.82 Å². The number of nitrogens with zero attached hydrogens (tertiary/aromatic N) is 1. The highest BCUT2D eigenvalue weighted by molar-refractivity contribution is 5.95. The maximum atomic E-state index is 13.0. The lowest BCUT2D eigenvalue weighted by Gasteiger charge is -2.24. The molecule has 1 amide bonds. The number of likely N-dealkylation sites (N-methyl/N-ethyl adjacent to an activating group) is 1. The van der Waals surface area contributed by atoms with Crippen LogP contribution in [0.3, 0.4) is 0 Å². The molecular weight excluding hydrogens is 219 g/mol. The van der Waals surface area contributed by atoms with Gasteiger partial charge >= 0.3 is 0 Å². The SMILES string of the molecule is Cc1cc(F)ccc1C(=O)N(C)C1CCNC1. The Balaban J connectivity index is 2.18. The number of hydrogen-bond donors (Lipinski definition) is 1. The van der Waals surface area contributed by atoms with E-state index in [9.17, 15) is 9.18 Å². The first-order valence-corrected chi connectivity index (χ1v) is 5.83. The van der Waals surface area contributed by atoms with Gasteiger partial charge in [-0.15, -0.1) is 0 Å². The Morgan fingerprint density at radius 1 is 1.53 bits per heavy atom. The number of rotatable bonds is 2. The van der Waals surface area contributed by atoms with Crippen molar-refractivity contribution < 1.29 is 9.18 Å². The summed E-state index contributed by atoms with van der Waals surface area (Å²) in [7, 11) is 1.81. The summed E-state index contributed by atoms with van der Waals surface area (Å²) in [6, 6.07) is 4.54. The average molecular weight is 236 g/mol. The topological polar surface area (TPSA) is 32.3 Å². The number of carbonyl (C=O) groups excluding carboxylic acids is 1. The molecule has 1 aliphatic heterocycles. The molecule has 1 aromatic carbocycles. The zero-order valence-corrected chi connectivity index (χ0v) is 10.2. The van der Waals surface area contributed by atoms with Gasteiger partial charge in [-0.25, -0.2) is 4.39 Å². The third-order valence-electron chi connectivity index (χ3n) is 3.32. The molecule has 0 radical (unpaired) electrons. The van der Waals surface area contributed by atoms with Crippen LogP contribution in [0.15, 0.2) is 18.2 Å². The minimum absolute atomic E-state index is 0.0313. The van der Waals surface area contributed by atoms with Crippen LogP contribution in [0, 0.1) is 12.7 Å². The van der Waals surface area contributed by atoms with E-state index < -0.39 is 0 Å². The van der Waals surface area contributed by atoms with Crippen LogP contribution in [-0.2, 0) is 0 Å². The normalized spacial score (nSPS) is 19.4. The Morgan fingerprint density at radius 2 is 2.29 bits per heavy atom. The Labute approximate surface area is 101 Å². The number of carbonyl (C=O) groups is 1. The van der Waals surface area contributed by atoms with Crippen molar-refractivity contribution in [3.05, 3.63) is 35.1 Å². The average Bonchev–Trinajstić information content (AvgIpc) is 2.80. The summed E-state index contributed by atoms with van der Waals surface area (Å²) in [5.41, 5.74) is 1.27. The van der Waals surface area contributed by atoms with Crippen molar-refractivity contribution in [1.29, 1.82) is 0 Å². The molecule has 1 aromatic rings. The highest BCUT2D eigenvalue weighted by Crippen LogP contribution is 2.15. The summed E-state index contributed by atoms with van der Waals surface area (Å²) in [5.74, 6) is -0.333. The molecule has 92 valence electrons. The quantitative estimate of drug-likeness (QED) is 0.845. The van der Waals surface area contributed by atoms with Gasteiger partial charge in [0.2, 0.25) is 0 Å². The van der Waals surface area contributed by atoms with Gasteiger partial charge in [-0.3, -0.25) is 4.79 Å². The zero-order chi connectivity index (χ0) is 12.4. The molecule has 1 N–H and O–H groups in total. The third-order valence-corrected chi connectivity index (χ3v) is 3.32. The van der Waals surface area contributed by atoms with Crippen LogP contribution in [0.4, 0.5) is 4.39 Å². The molecule has 0 saturated carbocycles. The predicted octanol–water partition coefficient (Wildman–Crippen LogP) is 1.57. The first-order valence-electron chi connectivity index (χ1n) is 5.83. The van der Waals surface area contributed by atoms with Gasteiger partial charge in [-0.05, 0) is 43.7 Å². The van der Waals surface area contributed by atoms with Gasteiger partial charge in [-0.1, -0.05) is 0 Å². The molecule has 1 unspecified atom stereocenters. The number of nitrogens with one attached hydrogen (secondary N) is 1. The lowest BCUT2D eigenvalue weighted by atomic mass is 10.1. The van der Waals surface area contributed by atoms with Crippen LogP contribution in [0.1, 0.15) is 22.3 Å². The van der Waals surface area contributed by atoms with E-state index in [1.165, 1.54) is 12.1 Å².